The lowest BCUT2D eigenvalue weighted by molar-refractivity contribution is 0.279. The fourth-order valence-corrected chi connectivity index (χ4v) is 4.89. The molecule has 2 saturated heterocycles. The van der Waals surface area contributed by atoms with E-state index in [-0.39, 0.29) is 0 Å². The van der Waals surface area contributed by atoms with Gasteiger partial charge in [-0.05, 0) is 37.7 Å². The quantitative estimate of drug-likeness (QED) is 0.616. The number of guanidine groups is 1. The van der Waals surface area contributed by atoms with E-state index in [1.165, 1.54) is 11.8 Å². The second-order valence-corrected chi connectivity index (χ2v) is 9.62. The van der Waals surface area contributed by atoms with Crippen molar-refractivity contribution in [3.05, 3.63) is 35.9 Å². The monoisotopic (exact) mass is 392 g/mol. The first-order valence-electron chi connectivity index (χ1n) is 10.0. The Morgan fingerprint density at radius 3 is 2.48 bits per heavy atom. The molecule has 2 aliphatic heterocycles. The summed E-state index contributed by atoms with van der Waals surface area (Å²) in [4.78, 5) is 7.27. The van der Waals surface area contributed by atoms with Gasteiger partial charge in [-0.15, -0.1) is 0 Å². The topological polar surface area (TPSA) is 65.0 Å². The number of sulfonamides is 1. The van der Waals surface area contributed by atoms with Crippen molar-refractivity contribution in [2.75, 3.05) is 45.5 Å². The number of piperidine rings is 1. The van der Waals surface area contributed by atoms with Crippen molar-refractivity contribution in [3.8, 4) is 0 Å². The summed E-state index contributed by atoms with van der Waals surface area (Å²) in [5.41, 5.74) is 1.41. The molecule has 3 rings (SSSR count). The Balaban J connectivity index is 1.56. The molecule has 2 aliphatic rings. The van der Waals surface area contributed by atoms with Crippen LogP contribution in [0.25, 0.3) is 0 Å². The van der Waals surface area contributed by atoms with Gasteiger partial charge in [0, 0.05) is 45.2 Å². The van der Waals surface area contributed by atoms with E-state index in [4.69, 9.17) is 4.99 Å². The van der Waals surface area contributed by atoms with E-state index >= 15 is 0 Å². The Morgan fingerprint density at radius 1 is 1.15 bits per heavy atom. The van der Waals surface area contributed by atoms with Crippen LogP contribution in [0.3, 0.4) is 0 Å². The van der Waals surface area contributed by atoms with E-state index in [1.807, 2.05) is 0 Å². The number of rotatable bonds is 5. The molecule has 1 atom stereocenters. The predicted molar refractivity (Wildman–Crippen MR) is 110 cm³/mol. The average Bonchev–Trinajstić information content (AvgIpc) is 3.15. The molecule has 2 fully saturated rings. The molecule has 0 aliphatic carbocycles. The van der Waals surface area contributed by atoms with Crippen molar-refractivity contribution in [2.45, 2.75) is 32.1 Å². The molecule has 0 aromatic heterocycles. The Bertz CT molecular complexity index is 728. The van der Waals surface area contributed by atoms with Gasteiger partial charge in [-0.3, -0.25) is 4.99 Å². The van der Waals surface area contributed by atoms with Crippen LogP contribution in [0.4, 0.5) is 0 Å². The molecule has 27 heavy (non-hydrogen) atoms. The number of likely N-dealkylation sites (tertiary alicyclic amines) is 1. The summed E-state index contributed by atoms with van der Waals surface area (Å²) >= 11 is 0. The second kappa shape index (κ2) is 9.06. The molecular formula is C20H32N4O2S. The molecular weight excluding hydrogens is 360 g/mol. The summed E-state index contributed by atoms with van der Waals surface area (Å²) in [5.74, 6) is 2.03. The molecule has 0 bridgehead atoms. The number of nitrogens with one attached hydrogen (secondary N) is 1. The van der Waals surface area contributed by atoms with Crippen molar-refractivity contribution in [3.63, 3.8) is 0 Å². The fourth-order valence-electron chi connectivity index (χ4n) is 4.01. The minimum atomic E-state index is -3.06. The molecule has 2 heterocycles. The first-order chi connectivity index (χ1) is 13.0. The van der Waals surface area contributed by atoms with Crippen LogP contribution in [-0.4, -0.2) is 69.1 Å². The molecule has 0 radical (unpaired) electrons. The van der Waals surface area contributed by atoms with E-state index in [0.29, 0.717) is 24.9 Å². The van der Waals surface area contributed by atoms with Crippen LogP contribution in [0.2, 0.25) is 0 Å². The molecule has 150 valence electrons. The van der Waals surface area contributed by atoms with Gasteiger partial charge >= 0.3 is 0 Å². The molecule has 0 amide bonds. The lowest BCUT2D eigenvalue weighted by atomic mass is 9.98. The highest BCUT2D eigenvalue weighted by molar-refractivity contribution is 7.88. The molecule has 7 heteroatoms. The molecule has 1 aromatic rings. The smallest absolute Gasteiger partial charge is 0.211 e. The predicted octanol–water partition coefficient (Wildman–Crippen LogP) is 2.11. The van der Waals surface area contributed by atoms with Gasteiger partial charge in [0.1, 0.15) is 0 Å². The van der Waals surface area contributed by atoms with E-state index in [0.717, 1.165) is 51.4 Å². The zero-order chi connectivity index (χ0) is 19.3. The number of aliphatic imine (C=N–C) groups is 1. The van der Waals surface area contributed by atoms with Crippen LogP contribution >= 0.6 is 0 Å². The first-order valence-corrected chi connectivity index (χ1v) is 11.9. The SMILES string of the molecule is CCNC(=NCC1CCN(S(C)(=O)=O)CC1)N1CCC(c2ccccc2)C1. The summed E-state index contributed by atoms with van der Waals surface area (Å²) in [5, 5.41) is 3.44. The van der Waals surface area contributed by atoms with Crippen LogP contribution in [0, 0.1) is 5.92 Å². The zero-order valence-electron chi connectivity index (χ0n) is 16.5. The van der Waals surface area contributed by atoms with Crippen molar-refractivity contribution >= 4 is 16.0 Å². The maximum atomic E-state index is 11.6. The molecule has 6 nitrogen and oxygen atoms in total. The average molecular weight is 393 g/mol. The number of hydrogen-bond donors (Lipinski definition) is 1. The minimum Gasteiger partial charge on any atom is -0.357 e. The third kappa shape index (κ3) is 5.45. The largest absolute Gasteiger partial charge is 0.357 e. The van der Waals surface area contributed by atoms with Gasteiger partial charge in [0.15, 0.2) is 5.96 Å². The summed E-state index contributed by atoms with van der Waals surface area (Å²) in [6, 6.07) is 10.7. The normalized spacial score (nSPS) is 23.0. The highest BCUT2D eigenvalue weighted by Crippen LogP contribution is 2.27. The van der Waals surface area contributed by atoms with Gasteiger partial charge in [-0.2, -0.15) is 0 Å². The van der Waals surface area contributed by atoms with Crippen molar-refractivity contribution in [1.82, 2.24) is 14.5 Å². The Morgan fingerprint density at radius 2 is 1.85 bits per heavy atom. The van der Waals surface area contributed by atoms with Crippen LogP contribution < -0.4 is 5.32 Å². The van der Waals surface area contributed by atoms with Crippen LogP contribution in [0.15, 0.2) is 35.3 Å². The maximum absolute atomic E-state index is 11.6. The summed E-state index contributed by atoms with van der Waals surface area (Å²) in [6.07, 6.45) is 4.23. The second-order valence-electron chi connectivity index (χ2n) is 7.64. The van der Waals surface area contributed by atoms with Crippen LogP contribution in [0.5, 0.6) is 0 Å². The Kier molecular flexibility index (Phi) is 6.76. The molecule has 1 unspecified atom stereocenters. The number of nitrogens with zero attached hydrogens (tertiary/aromatic N) is 3. The molecule has 1 aromatic carbocycles. The maximum Gasteiger partial charge on any atom is 0.211 e. The van der Waals surface area contributed by atoms with E-state index in [2.05, 4.69) is 47.5 Å². The number of benzene rings is 1. The lowest BCUT2D eigenvalue weighted by Crippen LogP contribution is -2.41. The Hall–Kier alpha value is -1.60. The van der Waals surface area contributed by atoms with Crippen molar-refractivity contribution in [1.29, 1.82) is 0 Å². The van der Waals surface area contributed by atoms with E-state index in [1.54, 1.807) is 4.31 Å². The van der Waals surface area contributed by atoms with Crippen molar-refractivity contribution in [2.24, 2.45) is 10.9 Å². The minimum absolute atomic E-state index is 0.462. The highest BCUT2D eigenvalue weighted by Gasteiger charge is 2.27. The molecule has 0 saturated carbocycles. The first kappa shape index (κ1) is 20.1. The summed E-state index contributed by atoms with van der Waals surface area (Å²) in [6.45, 7) is 7.00. The standard InChI is InChI=1S/C20H32N4O2S/c1-3-21-20(22-15-17-9-13-24(14-10-17)27(2,25)26)23-12-11-19(16-23)18-7-5-4-6-8-18/h4-8,17,19H,3,9-16H2,1-2H3,(H,21,22). The van der Waals surface area contributed by atoms with Crippen molar-refractivity contribution < 1.29 is 8.42 Å². The summed E-state index contributed by atoms with van der Waals surface area (Å²) in [7, 11) is -3.06. The Labute approximate surface area is 163 Å². The van der Waals surface area contributed by atoms with Crippen LogP contribution in [0.1, 0.15) is 37.7 Å². The third-order valence-electron chi connectivity index (χ3n) is 5.64. The molecule has 1 N–H and O–H groups in total. The van der Waals surface area contributed by atoms with Gasteiger partial charge in [-0.1, -0.05) is 30.3 Å². The molecule has 0 spiro atoms. The zero-order valence-corrected chi connectivity index (χ0v) is 17.3. The van der Waals surface area contributed by atoms with E-state index in [9.17, 15) is 8.42 Å². The fraction of sp³-hybridized carbons (Fsp3) is 0.650. The van der Waals surface area contributed by atoms with Gasteiger partial charge in [0.25, 0.3) is 0 Å². The van der Waals surface area contributed by atoms with Gasteiger partial charge in [0.2, 0.25) is 10.0 Å². The van der Waals surface area contributed by atoms with Gasteiger partial charge in [-0.25, -0.2) is 12.7 Å². The summed E-state index contributed by atoms with van der Waals surface area (Å²) < 4.78 is 24.9. The van der Waals surface area contributed by atoms with Gasteiger partial charge < -0.3 is 10.2 Å². The number of hydrogen-bond acceptors (Lipinski definition) is 3. The van der Waals surface area contributed by atoms with Crippen LogP contribution in [-0.2, 0) is 10.0 Å². The van der Waals surface area contributed by atoms with Gasteiger partial charge in [0.05, 0.1) is 6.26 Å². The lowest BCUT2D eigenvalue weighted by Gasteiger charge is -2.30. The highest BCUT2D eigenvalue weighted by atomic mass is 32.2. The third-order valence-corrected chi connectivity index (χ3v) is 6.94. The van der Waals surface area contributed by atoms with E-state index < -0.39 is 10.0 Å².